The molecule has 74 valence electrons. The quantitative estimate of drug-likeness (QED) is 0.750. The number of hydrogen-bond donors (Lipinski definition) is 2. The lowest BCUT2D eigenvalue weighted by Crippen LogP contribution is -1.94. The summed E-state index contributed by atoms with van der Waals surface area (Å²) in [5.74, 6) is 0. The summed E-state index contributed by atoms with van der Waals surface area (Å²) in [6, 6.07) is 4.21. The van der Waals surface area contributed by atoms with Crippen molar-refractivity contribution >= 4 is 34.1 Å². The van der Waals surface area contributed by atoms with Crippen molar-refractivity contribution in [2.45, 2.75) is 24.8 Å². The number of aryl methyl sites for hydroxylation is 1. The molecule has 0 aliphatic heterocycles. The molecule has 0 bridgehead atoms. The van der Waals surface area contributed by atoms with Gasteiger partial charge >= 0.3 is 0 Å². The van der Waals surface area contributed by atoms with Crippen LogP contribution in [0, 0.1) is 0 Å². The Morgan fingerprint density at radius 3 is 2.93 bits per heavy atom. The van der Waals surface area contributed by atoms with Crippen molar-refractivity contribution < 1.29 is 5.11 Å². The molecule has 0 atom stereocenters. The van der Waals surface area contributed by atoms with Crippen LogP contribution in [0.4, 0.5) is 0 Å². The van der Waals surface area contributed by atoms with Gasteiger partial charge in [-0.1, -0.05) is 6.92 Å². The summed E-state index contributed by atoms with van der Waals surface area (Å²) >= 11 is 6.20. The lowest BCUT2D eigenvalue weighted by Gasteiger charge is -2.09. The van der Waals surface area contributed by atoms with Gasteiger partial charge in [-0.3, -0.25) is 0 Å². The van der Waals surface area contributed by atoms with Crippen molar-refractivity contribution in [2.24, 2.45) is 0 Å². The van der Waals surface area contributed by atoms with Crippen molar-refractivity contribution in [2.75, 3.05) is 0 Å². The van der Waals surface area contributed by atoms with Gasteiger partial charge in [0.05, 0.1) is 6.61 Å². The number of aliphatic hydroxyl groups is 1. The SMILES string of the molecule is CCc1cc2sccc2c(S)c1CO. The Kier molecular flexibility index (Phi) is 2.81. The number of rotatable bonds is 2. The number of hydrogen-bond acceptors (Lipinski definition) is 3. The van der Waals surface area contributed by atoms with Gasteiger partial charge in [-0.15, -0.1) is 24.0 Å². The number of thiol groups is 1. The normalized spacial score (nSPS) is 11.1. The Bertz CT molecular complexity index is 460. The highest BCUT2D eigenvalue weighted by atomic mass is 32.1. The van der Waals surface area contributed by atoms with Gasteiger partial charge in [0.15, 0.2) is 0 Å². The van der Waals surface area contributed by atoms with Crippen LogP contribution < -0.4 is 0 Å². The van der Waals surface area contributed by atoms with E-state index in [1.165, 1.54) is 10.3 Å². The van der Waals surface area contributed by atoms with E-state index in [1.807, 2.05) is 0 Å². The summed E-state index contributed by atoms with van der Waals surface area (Å²) in [7, 11) is 0. The third-order valence-electron chi connectivity index (χ3n) is 2.47. The second-order valence-electron chi connectivity index (χ2n) is 3.21. The number of thiophene rings is 1. The molecule has 1 N–H and O–H groups in total. The smallest absolute Gasteiger partial charge is 0.0695 e. The van der Waals surface area contributed by atoms with E-state index >= 15 is 0 Å². The van der Waals surface area contributed by atoms with E-state index in [2.05, 4.69) is 37.1 Å². The molecule has 1 heterocycles. The minimum Gasteiger partial charge on any atom is -0.392 e. The van der Waals surface area contributed by atoms with Crippen LogP contribution in [0.5, 0.6) is 0 Å². The molecule has 0 aliphatic carbocycles. The standard InChI is InChI=1S/C11H12OS2/c1-2-7-5-10-8(3-4-14-10)11(13)9(7)6-12/h3-5,12-13H,2,6H2,1H3. The zero-order chi connectivity index (χ0) is 10.1. The van der Waals surface area contributed by atoms with Crippen LogP contribution in [0.2, 0.25) is 0 Å². The highest BCUT2D eigenvalue weighted by molar-refractivity contribution is 7.80. The fraction of sp³-hybridized carbons (Fsp3) is 0.273. The van der Waals surface area contributed by atoms with E-state index in [9.17, 15) is 5.11 Å². The molecule has 0 saturated carbocycles. The van der Waals surface area contributed by atoms with Crippen molar-refractivity contribution in [1.29, 1.82) is 0 Å². The van der Waals surface area contributed by atoms with E-state index in [0.29, 0.717) is 0 Å². The van der Waals surface area contributed by atoms with Crippen LogP contribution in [-0.2, 0) is 13.0 Å². The second-order valence-corrected chi connectivity index (χ2v) is 4.60. The van der Waals surface area contributed by atoms with Crippen LogP contribution in [0.3, 0.4) is 0 Å². The third kappa shape index (κ3) is 1.45. The van der Waals surface area contributed by atoms with Crippen LogP contribution in [0.1, 0.15) is 18.1 Å². The Hall–Kier alpha value is -0.510. The highest BCUT2D eigenvalue weighted by Gasteiger charge is 2.09. The third-order valence-corrected chi connectivity index (χ3v) is 3.84. The topological polar surface area (TPSA) is 20.2 Å². The molecule has 0 saturated heterocycles. The largest absolute Gasteiger partial charge is 0.392 e. The summed E-state index contributed by atoms with van der Waals surface area (Å²) in [5.41, 5.74) is 2.18. The maximum Gasteiger partial charge on any atom is 0.0695 e. The summed E-state index contributed by atoms with van der Waals surface area (Å²) in [4.78, 5) is 0.933. The average molecular weight is 224 g/mol. The average Bonchev–Trinajstić information content (AvgIpc) is 2.65. The lowest BCUT2D eigenvalue weighted by atomic mass is 10.0. The first-order valence-electron chi connectivity index (χ1n) is 4.59. The molecule has 1 aromatic carbocycles. The van der Waals surface area contributed by atoms with E-state index < -0.39 is 0 Å². The van der Waals surface area contributed by atoms with Gasteiger partial charge < -0.3 is 5.11 Å². The molecule has 14 heavy (non-hydrogen) atoms. The fourth-order valence-electron chi connectivity index (χ4n) is 1.68. The first-order valence-corrected chi connectivity index (χ1v) is 5.92. The van der Waals surface area contributed by atoms with Crippen LogP contribution in [0.25, 0.3) is 10.1 Å². The van der Waals surface area contributed by atoms with E-state index in [1.54, 1.807) is 11.3 Å². The Balaban J connectivity index is 2.79. The van der Waals surface area contributed by atoms with Crippen molar-refractivity contribution in [3.05, 3.63) is 28.6 Å². The molecule has 0 amide bonds. The predicted molar refractivity (Wildman–Crippen MR) is 64.4 cm³/mol. The van der Waals surface area contributed by atoms with Crippen molar-refractivity contribution in [3.8, 4) is 0 Å². The molecule has 2 rings (SSSR count). The van der Waals surface area contributed by atoms with Crippen molar-refractivity contribution in [3.63, 3.8) is 0 Å². The Morgan fingerprint density at radius 2 is 2.29 bits per heavy atom. The lowest BCUT2D eigenvalue weighted by molar-refractivity contribution is 0.278. The van der Waals surface area contributed by atoms with Crippen LogP contribution in [0.15, 0.2) is 22.4 Å². The molecule has 1 aromatic heterocycles. The van der Waals surface area contributed by atoms with E-state index in [0.717, 1.165) is 22.3 Å². The Morgan fingerprint density at radius 1 is 1.50 bits per heavy atom. The van der Waals surface area contributed by atoms with Gasteiger partial charge in [0, 0.05) is 15.0 Å². The van der Waals surface area contributed by atoms with Gasteiger partial charge in [-0.05, 0) is 35.1 Å². The van der Waals surface area contributed by atoms with Crippen molar-refractivity contribution in [1.82, 2.24) is 0 Å². The van der Waals surface area contributed by atoms with Gasteiger partial charge in [-0.2, -0.15) is 0 Å². The van der Waals surface area contributed by atoms with Crippen LogP contribution in [-0.4, -0.2) is 5.11 Å². The second kappa shape index (κ2) is 3.93. The van der Waals surface area contributed by atoms with Crippen LogP contribution >= 0.6 is 24.0 Å². The summed E-state index contributed by atoms with van der Waals surface area (Å²) in [5, 5.41) is 12.5. The molecule has 0 unspecified atom stereocenters. The maximum atomic E-state index is 9.28. The van der Waals surface area contributed by atoms with Gasteiger partial charge in [0.25, 0.3) is 0 Å². The predicted octanol–water partition coefficient (Wildman–Crippen LogP) is 3.24. The molecular weight excluding hydrogens is 212 g/mol. The minimum atomic E-state index is 0.0772. The van der Waals surface area contributed by atoms with Gasteiger partial charge in [0.2, 0.25) is 0 Å². The first kappa shape index (κ1) is 10.0. The monoisotopic (exact) mass is 224 g/mol. The summed E-state index contributed by atoms with van der Waals surface area (Å²) in [6.07, 6.45) is 0.942. The molecule has 0 radical (unpaired) electrons. The number of benzene rings is 1. The highest BCUT2D eigenvalue weighted by Crippen LogP contribution is 2.32. The van der Waals surface area contributed by atoms with E-state index in [-0.39, 0.29) is 6.61 Å². The zero-order valence-corrected chi connectivity index (χ0v) is 9.66. The summed E-state index contributed by atoms with van der Waals surface area (Å²) in [6.45, 7) is 2.18. The first-order chi connectivity index (χ1) is 6.77. The van der Waals surface area contributed by atoms with Gasteiger partial charge in [0.1, 0.15) is 0 Å². The van der Waals surface area contributed by atoms with Gasteiger partial charge in [-0.25, -0.2) is 0 Å². The molecule has 0 fully saturated rings. The molecule has 0 aliphatic rings. The Labute approximate surface area is 92.8 Å². The number of fused-ring (bicyclic) bond motifs is 1. The fourth-order valence-corrected chi connectivity index (χ4v) is 3.02. The maximum absolute atomic E-state index is 9.28. The molecule has 1 nitrogen and oxygen atoms in total. The molecule has 0 spiro atoms. The number of aliphatic hydroxyl groups excluding tert-OH is 1. The molecule has 2 aromatic rings. The zero-order valence-electron chi connectivity index (χ0n) is 7.95. The minimum absolute atomic E-state index is 0.0772. The molecule has 3 heteroatoms. The summed E-state index contributed by atoms with van der Waals surface area (Å²) < 4.78 is 1.25. The molecular formula is C11H12OS2. The van der Waals surface area contributed by atoms with E-state index in [4.69, 9.17) is 0 Å².